The van der Waals surface area contributed by atoms with Crippen molar-refractivity contribution in [3.8, 4) is 17.1 Å². The molecule has 0 atom stereocenters. The summed E-state index contributed by atoms with van der Waals surface area (Å²) in [6.45, 7) is 0.300. The Hall–Kier alpha value is -1.92. The number of halogens is 2. The van der Waals surface area contributed by atoms with E-state index in [9.17, 15) is 4.39 Å². The van der Waals surface area contributed by atoms with E-state index in [2.05, 4.69) is 15.2 Å². The molecule has 1 fully saturated rings. The van der Waals surface area contributed by atoms with Gasteiger partial charge >= 0.3 is 0 Å². The molecule has 0 bridgehead atoms. The molecule has 136 valence electrons. The quantitative estimate of drug-likeness (QED) is 0.781. The molecule has 3 N–H and O–H groups in total. The molecule has 5 nitrogen and oxygen atoms in total. The summed E-state index contributed by atoms with van der Waals surface area (Å²) in [5, 5.41) is 7.35. The summed E-state index contributed by atoms with van der Waals surface area (Å²) in [7, 11) is 0. The van der Waals surface area contributed by atoms with Crippen LogP contribution in [0.3, 0.4) is 0 Å². The van der Waals surface area contributed by atoms with E-state index in [4.69, 9.17) is 10.5 Å². The molecule has 7 heteroatoms. The van der Waals surface area contributed by atoms with Crippen molar-refractivity contribution in [2.45, 2.75) is 32.1 Å². The van der Waals surface area contributed by atoms with Gasteiger partial charge in [0, 0.05) is 24.1 Å². The van der Waals surface area contributed by atoms with E-state index in [0.717, 1.165) is 23.7 Å². The maximum atomic E-state index is 12.5. The van der Waals surface area contributed by atoms with Crippen LogP contribution >= 0.6 is 12.4 Å². The number of aromatic nitrogens is 3. The number of benzene rings is 1. The van der Waals surface area contributed by atoms with Crippen LogP contribution in [0, 0.1) is 5.92 Å². The SMILES string of the molecule is Cl.NC/C(=C\F)COc1ccc(-c2n[nH]c(CC3CCCC3)n2)cc1. The average molecular weight is 367 g/mol. The Morgan fingerprint density at radius 2 is 2.00 bits per heavy atom. The van der Waals surface area contributed by atoms with E-state index in [1.807, 2.05) is 24.3 Å². The molecular weight excluding hydrogens is 343 g/mol. The molecule has 0 aliphatic heterocycles. The van der Waals surface area contributed by atoms with Crippen molar-refractivity contribution in [2.24, 2.45) is 11.7 Å². The first-order valence-corrected chi connectivity index (χ1v) is 8.41. The zero-order chi connectivity index (χ0) is 16.8. The van der Waals surface area contributed by atoms with Crippen LogP contribution in [0.1, 0.15) is 31.5 Å². The molecule has 1 saturated carbocycles. The van der Waals surface area contributed by atoms with Gasteiger partial charge in [0.25, 0.3) is 0 Å². The van der Waals surface area contributed by atoms with Gasteiger partial charge in [-0.2, -0.15) is 5.10 Å². The third-order valence-corrected chi connectivity index (χ3v) is 4.44. The van der Waals surface area contributed by atoms with Crippen molar-refractivity contribution in [3.63, 3.8) is 0 Å². The van der Waals surface area contributed by atoms with Gasteiger partial charge in [0.15, 0.2) is 5.82 Å². The largest absolute Gasteiger partial charge is 0.489 e. The average Bonchev–Trinajstić information content (AvgIpc) is 3.29. The molecule has 1 aromatic carbocycles. The fourth-order valence-corrected chi connectivity index (χ4v) is 3.01. The maximum absolute atomic E-state index is 12.5. The lowest BCUT2D eigenvalue weighted by Gasteiger charge is -2.07. The lowest BCUT2D eigenvalue weighted by atomic mass is 10.0. The molecule has 25 heavy (non-hydrogen) atoms. The highest BCUT2D eigenvalue weighted by Gasteiger charge is 2.17. The summed E-state index contributed by atoms with van der Waals surface area (Å²) < 4.78 is 17.9. The number of hydrogen-bond donors (Lipinski definition) is 2. The van der Waals surface area contributed by atoms with Gasteiger partial charge < -0.3 is 10.5 Å². The van der Waals surface area contributed by atoms with Gasteiger partial charge in [0.2, 0.25) is 0 Å². The van der Waals surface area contributed by atoms with E-state index in [-0.39, 0.29) is 25.6 Å². The second-order valence-electron chi connectivity index (χ2n) is 6.24. The van der Waals surface area contributed by atoms with Crippen molar-refractivity contribution in [1.29, 1.82) is 0 Å². The molecule has 0 saturated heterocycles. The second kappa shape index (κ2) is 9.53. The topological polar surface area (TPSA) is 76.8 Å². The van der Waals surface area contributed by atoms with Crippen LogP contribution in [-0.2, 0) is 6.42 Å². The standard InChI is InChI=1S/C18H23FN4O.ClH/c19-10-14(11-20)12-24-16-7-5-15(6-8-16)18-21-17(22-23-18)9-13-3-1-2-4-13;/h5-8,10,13H,1-4,9,11-12,20H2,(H,21,22,23);1H/b14-10+;. The number of hydrogen-bond acceptors (Lipinski definition) is 4. The van der Waals surface area contributed by atoms with Crippen LogP contribution in [0.5, 0.6) is 5.75 Å². The Morgan fingerprint density at radius 1 is 1.28 bits per heavy atom. The van der Waals surface area contributed by atoms with Crippen molar-refractivity contribution in [2.75, 3.05) is 13.2 Å². The zero-order valence-electron chi connectivity index (χ0n) is 14.1. The number of aromatic amines is 1. The lowest BCUT2D eigenvalue weighted by Crippen LogP contribution is -2.10. The summed E-state index contributed by atoms with van der Waals surface area (Å²) in [4.78, 5) is 4.59. The molecule has 0 radical (unpaired) electrons. The highest BCUT2D eigenvalue weighted by Crippen LogP contribution is 2.27. The van der Waals surface area contributed by atoms with E-state index in [1.54, 1.807) is 0 Å². The van der Waals surface area contributed by atoms with Crippen LogP contribution < -0.4 is 10.5 Å². The summed E-state index contributed by atoms with van der Waals surface area (Å²) in [6.07, 6.45) is 6.72. The Kier molecular flexibility index (Phi) is 7.40. The summed E-state index contributed by atoms with van der Waals surface area (Å²) in [5.74, 6) is 3.05. The number of ether oxygens (including phenoxy) is 1. The van der Waals surface area contributed by atoms with Crippen LogP contribution in [0.2, 0.25) is 0 Å². The first-order valence-electron chi connectivity index (χ1n) is 8.41. The molecule has 1 aliphatic rings. The van der Waals surface area contributed by atoms with E-state index >= 15 is 0 Å². The molecule has 1 aliphatic carbocycles. The molecular formula is C18H24ClFN4O. The first-order chi connectivity index (χ1) is 11.8. The highest BCUT2D eigenvalue weighted by molar-refractivity contribution is 5.85. The van der Waals surface area contributed by atoms with Gasteiger partial charge in [0.05, 0.1) is 6.33 Å². The first kappa shape index (κ1) is 19.4. The van der Waals surface area contributed by atoms with Gasteiger partial charge in [-0.25, -0.2) is 9.37 Å². The summed E-state index contributed by atoms with van der Waals surface area (Å²) in [5.41, 5.74) is 6.75. The van der Waals surface area contributed by atoms with E-state index < -0.39 is 0 Å². The number of nitrogens with one attached hydrogen (secondary N) is 1. The number of nitrogens with zero attached hydrogens (tertiary/aromatic N) is 2. The monoisotopic (exact) mass is 366 g/mol. The van der Waals surface area contributed by atoms with Crippen LogP contribution in [0.15, 0.2) is 36.2 Å². The Bertz CT molecular complexity index is 681. The number of H-pyrrole nitrogens is 1. The van der Waals surface area contributed by atoms with Gasteiger partial charge in [-0.3, -0.25) is 5.10 Å². The van der Waals surface area contributed by atoms with Crippen LogP contribution in [0.4, 0.5) is 4.39 Å². The fraction of sp³-hybridized carbons (Fsp3) is 0.444. The molecule has 0 amide bonds. The Balaban J connectivity index is 0.00000225. The normalized spacial score (nSPS) is 15.2. The van der Waals surface area contributed by atoms with Crippen molar-refractivity contribution >= 4 is 12.4 Å². The van der Waals surface area contributed by atoms with Gasteiger partial charge in [-0.15, -0.1) is 12.4 Å². The zero-order valence-corrected chi connectivity index (χ0v) is 14.9. The molecule has 2 aromatic rings. The maximum Gasteiger partial charge on any atom is 0.181 e. The number of nitrogens with two attached hydrogens (primary N) is 1. The Morgan fingerprint density at radius 3 is 2.64 bits per heavy atom. The van der Waals surface area contributed by atoms with Crippen molar-refractivity contribution in [3.05, 3.63) is 42.0 Å². The minimum Gasteiger partial charge on any atom is -0.489 e. The molecule has 1 aromatic heterocycles. The summed E-state index contributed by atoms with van der Waals surface area (Å²) >= 11 is 0. The molecule has 0 spiro atoms. The third-order valence-electron chi connectivity index (χ3n) is 4.44. The van der Waals surface area contributed by atoms with Gasteiger partial charge in [0.1, 0.15) is 18.2 Å². The van der Waals surface area contributed by atoms with Crippen LogP contribution in [0.25, 0.3) is 11.4 Å². The number of rotatable bonds is 7. The van der Waals surface area contributed by atoms with E-state index in [0.29, 0.717) is 23.5 Å². The van der Waals surface area contributed by atoms with Crippen molar-refractivity contribution < 1.29 is 9.13 Å². The predicted octanol–water partition coefficient (Wildman–Crippen LogP) is 3.82. The minimum atomic E-state index is 0. The molecule has 0 unspecified atom stereocenters. The van der Waals surface area contributed by atoms with Gasteiger partial charge in [-0.1, -0.05) is 25.7 Å². The molecule has 3 rings (SSSR count). The minimum absolute atomic E-state index is 0. The summed E-state index contributed by atoms with van der Waals surface area (Å²) in [6, 6.07) is 7.46. The van der Waals surface area contributed by atoms with Crippen LogP contribution in [-0.4, -0.2) is 28.3 Å². The molecule has 1 heterocycles. The van der Waals surface area contributed by atoms with Gasteiger partial charge in [-0.05, 0) is 30.2 Å². The Labute approximate surface area is 153 Å². The second-order valence-corrected chi connectivity index (χ2v) is 6.24. The fourth-order valence-electron chi connectivity index (χ4n) is 3.01. The van der Waals surface area contributed by atoms with Crippen molar-refractivity contribution in [1.82, 2.24) is 15.2 Å². The predicted molar refractivity (Wildman–Crippen MR) is 98.5 cm³/mol. The highest BCUT2D eigenvalue weighted by atomic mass is 35.5. The lowest BCUT2D eigenvalue weighted by molar-refractivity contribution is 0.347. The smallest absolute Gasteiger partial charge is 0.181 e. The third kappa shape index (κ3) is 5.28. The van der Waals surface area contributed by atoms with E-state index in [1.165, 1.54) is 25.7 Å².